The molecular formula is C19H20F2N2O2. The van der Waals surface area contributed by atoms with E-state index in [1.54, 1.807) is 6.07 Å². The first-order valence-electron chi connectivity index (χ1n) is 8.34. The van der Waals surface area contributed by atoms with Gasteiger partial charge in [-0.25, -0.2) is 8.78 Å². The van der Waals surface area contributed by atoms with Gasteiger partial charge in [-0.05, 0) is 61.7 Å². The third-order valence-electron chi connectivity index (χ3n) is 4.11. The largest absolute Gasteiger partial charge is 0.484 e. The molecule has 132 valence electrons. The number of piperidine rings is 1. The SMILES string of the molecule is O=C(COc1ccc(F)cc1)Nc1cc(F)ccc1N1CCCCC1. The highest BCUT2D eigenvalue weighted by Crippen LogP contribution is 2.29. The van der Waals surface area contributed by atoms with Gasteiger partial charge in [0.15, 0.2) is 6.61 Å². The lowest BCUT2D eigenvalue weighted by Gasteiger charge is -2.30. The maximum atomic E-state index is 13.6. The Morgan fingerprint density at radius 1 is 1.00 bits per heavy atom. The van der Waals surface area contributed by atoms with E-state index >= 15 is 0 Å². The van der Waals surface area contributed by atoms with E-state index in [-0.39, 0.29) is 12.4 Å². The standard InChI is InChI=1S/C19H20F2N2O2/c20-14-4-7-16(8-5-14)25-13-19(24)22-17-12-15(21)6-9-18(17)23-10-2-1-3-11-23/h4-9,12H,1-3,10-11,13H2,(H,22,24). The Labute approximate surface area is 145 Å². The molecule has 0 aromatic heterocycles. The fourth-order valence-electron chi connectivity index (χ4n) is 2.88. The predicted octanol–water partition coefficient (Wildman–Crippen LogP) is 3.97. The minimum absolute atomic E-state index is 0.235. The fraction of sp³-hybridized carbons (Fsp3) is 0.316. The van der Waals surface area contributed by atoms with Gasteiger partial charge in [-0.3, -0.25) is 4.79 Å². The van der Waals surface area contributed by atoms with Crippen LogP contribution in [0.2, 0.25) is 0 Å². The van der Waals surface area contributed by atoms with Crippen LogP contribution in [0.4, 0.5) is 20.2 Å². The van der Waals surface area contributed by atoms with Crippen LogP contribution < -0.4 is 15.0 Å². The first-order valence-corrected chi connectivity index (χ1v) is 8.34. The summed E-state index contributed by atoms with van der Waals surface area (Å²) < 4.78 is 31.8. The van der Waals surface area contributed by atoms with Crippen molar-refractivity contribution in [3.8, 4) is 5.75 Å². The number of carbonyl (C=O) groups is 1. The molecule has 1 aliphatic heterocycles. The maximum absolute atomic E-state index is 13.6. The fourth-order valence-corrected chi connectivity index (χ4v) is 2.88. The summed E-state index contributed by atoms with van der Waals surface area (Å²) >= 11 is 0. The number of hydrogen-bond donors (Lipinski definition) is 1. The van der Waals surface area contributed by atoms with Gasteiger partial charge in [-0.2, -0.15) is 0 Å². The Hall–Kier alpha value is -2.63. The summed E-state index contributed by atoms with van der Waals surface area (Å²) in [5.41, 5.74) is 1.26. The van der Waals surface area contributed by atoms with Crippen molar-refractivity contribution in [3.63, 3.8) is 0 Å². The minimum atomic E-state index is -0.407. The Morgan fingerprint density at radius 2 is 1.68 bits per heavy atom. The highest BCUT2D eigenvalue weighted by molar-refractivity contribution is 5.95. The zero-order valence-electron chi connectivity index (χ0n) is 13.8. The number of nitrogens with one attached hydrogen (secondary N) is 1. The number of benzene rings is 2. The molecule has 1 aliphatic rings. The molecular weight excluding hydrogens is 326 g/mol. The van der Waals surface area contributed by atoms with Gasteiger partial charge in [0.2, 0.25) is 0 Å². The van der Waals surface area contributed by atoms with E-state index in [0.29, 0.717) is 11.4 Å². The number of halogens is 2. The van der Waals surface area contributed by atoms with E-state index in [0.717, 1.165) is 31.6 Å². The number of ether oxygens (including phenoxy) is 1. The van der Waals surface area contributed by atoms with E-state index in [4.69, 9.17) is 4.74 Å². The molecule has 0 spiro atoms. The normalized spacial score (nSPS) is 14.2. The van der Waals surface area contributed by atoms with Gasteiger partial charge >= 0.3 is 0 Å². The van der Waals surface area contributed by atoms with Gasteiger partial charge in [-0.15, -0.1) is 0 Å². The molecule has 0 saturated carbocycles. The van der Waals surface area contributed by atoms with Gasteiger partial charge in [0.25, 0.3) is 5.91 Å². The van der Waals surface area contributed by atoms with Crippen LogP contribution in [0.5, 0.6) is 5.75 Å². The average Bonchev–Trinajstić information content (AvgIpc) is 2.62. The number of nitrogens with zero attached hydrogens (tertiary/aromatic N) is 1. The van der Waals surface area contributed by atoms with E-state index in [2.05, 4.69) is 10.2 Å². The summed E-state index contributed by atoms with van der Waals surface area (Å²) in [6, 6.07) is 9.82. The topological polar surface area (TPSA) is 41.6 Å². The maximum Gasteiger partial charge on any atom is 0.262 e. The van der Waals surface area contributed by atoms with Crippen molar-refractivity contribution < 1.29 is 18.3 Å². The lowest BCUT2D eigenvalue weighted by Crippen LogP contribution is -2.31. The molecule has 2 aromatic carbocycles. The average molecular weight is 346 g/mol. The van der Waals surface area contributed by atoms with Crippen LogP contribution in [0.3, 0.4) is 0 Å². The monoisotopic (exact) mass is 346 g/mol. The van der Waals surface area contributed by atoms with Crippen molar-refractivity contribution in [2.24, 2.45) is 0 Å². The van der Waals surface area contributed by atoms with Crippen molar-refractivity contribution in [2.75, 3.05) is 29.9 Å². The molecule has 1 saturated heterocycles. The Balaban J connectivity index is 1.65. The van der Waals surface area contributed by atoms with Gasteiger partial charge in [0.1, 0.15) is 17.4 Å². The quantitative estimate of drug-likeness (QED) is 0.891. The van der Waals surface area contributed by atoms with Gasteiger partial charge in [0, 0.05) is 13.1 Å². The van der Waals surface area contributed by atoms with Crippen LogP contribution in [0.25, 0.3) is 0 Å². The summed E-state index contributed by atoms with van der Waals surface area (Å²) in [6.45, 7) is 1.54. The summed E-state index contributed by atoms with van der Waals surface area (Å²) in [4.78, 5) is 14.3. The summed E-state index contributed by atoms with van der Waals surface area (Å²) in [5, 5.41) is 2.71. The highest BCUT2D eigenvalue weighted by atomic mass is 19.1. The third kappa shape index (κ3) is 4.68. The molecule has 25 heavy (non-hydrogen) atoms. The second-order valence-electron chi connectivity index (χ2n) is 6.00. The molecule has 1 heterocycles. The molecule has 0 bridgehead atoms. The summed E-state index contributed by atoms with van der Waals surface area (Å²) in [6.07, 6.45) is 3.35. The van der Waals surface area contributed by atoms with E-state index in [1.807, 2.05) is 0 Å². The van der Waals surface area contributed by atoms with Gasteiger partial charge < -0.3 is 15.0 Å². The number of amides is 1. The molecule has 0 aliphatic carbocycles. The summed E-state index contributed by atoms with van der Waals surface area (Å²) in [5.74, 6) is -0.779. The first kappa shape index (κ1) is 17.2. The Morgan fingerprint density at radius 3 is 2.40 bits per heavy atom. The smallest absolute Gasteiger partial charge is 0.262 e. The van der Waals surface area contributed by atoms with Crippen molar-refractivity contribution in [1.82, 2.24) is 0 Å². The van der Waals surface area contributed by atoms with Crippen molar-refractivity contribution in [3.05, 3.63) is 54.1 Å². The Kier molecular flexibility index (Phi) is 5.48. The predicted molar refractivity (Wildman–Crippen MR) is 93.0 cm³/mol. The van der Waals surface area contributed by atoms with Crippen molar-refractivity contribution in [2.45, 2.75) is 19.3 Å². The molecule has 2 aromatic rings. The molecule has 1 amide bonds. The highest BCUT2D eigenvalue weighted by Gasteiger charge is 2.16. The van der Waals surface area contributed by atoms with Gasteiger partial charge in [-0.1, -0.05) is 0 Å². The number of rotatable bonds is 5. The van der Waals surface area contributed by atoms with Crippen LogP contribution in [0.15, 0.2) is 42.5 Å². The second kappa shape index (κ2) is 7.96. The van der Waals surface area contributed by atoms with E-state index in [9.17, 15) is 13.6 Å². The molecule has 6 heteroatoms. The zero-order valence-corrected chi connectivity index (χ0v) is 13.8. The molecule has 0 atom stereocenters. The number of hydrogen-bond acceptors (Lipinski definition) is 3. The summed E-state index contributed by atoms with van der Waals surface area (Å²) in [7, 11) is 0. The molecule has 4 nitrogen and oxygen atoms in total. The van der Waals surface area contributed by atoms with Gasteiger partial charge in [0.05, 0.1) is 11.4 Å². The zero-order chi connectivity index (χ0) is 17.6. The van der Waals surface area contributed by atoms with Crippen LogP contribution in [0.1, 0.15) is 19.3 Å². The van der Waals surface area contributed by atoms with Crippen molar-refractivity contribution in [1.29, 1.82) is 0 Å². The first-order chi connectivity index (χ1) is 12.1. The van der Waals surface area contributed by atoms with Crippen LogP contribution in [-0.2, 0) is 4.79 Å². The van der Waals surface area contributed by atoms with Crippen molar-refractivity contribution >= 4 is 17.3 Å². The second-order valence-corrected chi connectivity index (χ2v) is 6.00. The lowest BCUT2D eigenvalue weighted by molar-refractivity contribution is -0.118. The molecule has 0 radical (unpaired) electrons. The molecule has 3 rings (SSSR count). The van der Waals surface area contributed by atoms with E-state index in [1.165, 1.54) is 42.8 Å². The van der Waals surface area contributed by atoms with Crippen LogP contribution >= 0.6 is 0 Å². The Bertz CT molecular complexity index is 729. The number of carbonyl (C=O) groups excluding carboxylic acids is 1. The minimum Gasteiger partial charge on any atom is -0.484 e. The molecule has 1 fully saturated rings. The van der Waals surface area contributed by atoms with E-state index < -0.39 is 11.7 Å². The third-order valence-corrected chi connectivity index (χ3v) is 4.11. The van der Waals surface area contributed by atoms with Crippen LogP contribution in [0, 0.1) is 11.6 Å². The molecule has 1 N–H and O–H groups in total. The lowest BCUT2D eigenvalue weighted by atomic mass is 10.1. The van der Waals surface area contributed by atoms with Crippen LogP contribution in [-0.4, -0.2) is 25.6 Å². The number of anilines is 2. The molecule has 0 unspecified atom stereocenters.